The first kappa shape index (κ1) is 17.1. The zero-order chi connectivity index (χ0) is 16.8. The number of carbonyl (C=O) groups excluding carboxylic acids is 1. The van der Waals surface area contributed by atoms with Gasteiger partial charge in [-0.3, -0.25) is 4.79 Å². The van der Waals surface area contributed by atoms with Gasteiger partial charge in [-0.1, -0.05) is 18.2 Å². The van der Waals surface area contributed by atoms with E-state index in [1.807, 2.05) is 47.4 Å². The number of carbonyl (C=O) groups is 1. The third kappa shape index (κ3) is 4.65. The smallest absolute Gasteiger partial charge is 0.233 e. The number of thioether (sulfide) groups is 1. The number of amides is 1. The molecule has 0 spiro atoms. The Morgan fingerprint density at radius 1 is 1.21 bits per heavy atom. The number of piperidine rings is 1. The van der Waals surface area contributed by atoms with Gasteiger partial charge in [-0.15, -0.1) is 11.8 Å². The summed E-state index contributed by atoms with van der Waals surface area (Å²) in [5.74, 6) is 1.51. The lowest BCUT2D eigenvalue weighted by Crippen LogP contribution is -2.46. The number of hydrogen-bond acceptors (Lipinski definition) is 4. The van der Waals surface area contributed by atoms with Crippen molar-refractivity contribution in [3.8, 4) is 0 Å². The Kier molecular flexibility index (Phi) is 5.99. The number of benzene rings is 1. The number of rotatable bonds is 6. The Labute approximate surface area is 147 Å². The van der Waals surface area contributed by atoms with E-state index in [2.05, 4.69) is 11.9 Å². The van der Waals surface area contributed by atoms with Crippen molar-refractivity contribution < 1.29 is 9.21 Å². The van der Waals surface area contributed by atoms with Crippen LogP contribution in [0.3, 0.4) is 0 Å². The highest BCUT2D eigenvalue weighted by atomic mass is 32.2. The van der Waals surface area contributed by atoms with E-state index in [1.165, 1.54) is 0 Å². The van der Waals surface area contributed by atoms with Crippen molar-refractivity contribution in [2.45, 2.75) is 30.3 Å². The lowest BCUT2D eigenvalue weighted by molar-refractivity contribution is -0.132. The maximum absolute atomic E-state index is 12.9. The van der Waals surface area contributed by atoms with Gasteiger partial charge in [0.25, 0.3) is 0 Å². The molecule has 24 heavy (non-hydrogen) atoms. The van der Waals surface area contributed by atoms with Crippen molar-refractivity contribution >= 4 is 17.7 Å². The highest BCUT2D eigenvalue weighted by molar-refractivity contribution is 8.00. The molecule has 1 aromatic heterocycles. The fourth-order valence-electron chi connectivity index (χ4n) is 3.04. The molecule has 0 radical (unpaired) electrons. The van der Waals surface area contributed by atoms with Gasteiger partial charge >= 0.3 is 0 Å². The summed E-state index contributed by atoms with van der Waals surface area (Å²) >= 11 is 1.60. The van der Waals surface area contributed by atoms with Gasteiger partial charge in [0.05, 0.1) is 18.6 Å². The highest BCUT2D eigenvalue weighted by Gasteiger charge is 2.27. The highest BCUT2D eigenvalue weighted by Crippen LogP contribution is 2.22. The summed E-state index contributed by atoms with van der Waals surface area (Å²) in [5, 5.41) is 0. The van der Waals surface area contributed by atoms with Crippen LogP contribution in [0.4, 0.5) is 0 Å². The maximum Gasteiger partial charge on any atom is 0.233 e. The molecule has 0 atom stereocenters. The van der Waals surface area contributed by atoms with Gasteiger partial charge in [-0.25, -0.2) is 0 Å². The minimum absolute atomic E-state index is 0.190. The largest absolute Gasteiger partial charge is 0.467 e. The molecule has 1 aliphatic rings. The van der Waals surface area contributed by atoms with Crippen LogP contribution in [0, 0.1) is 0 Å². The van der Waals surface area contributed by atoms with Crippen LogP contribution < -0.4 is 0 Å². The molecular weight excluding hydrogens is 320 g/mol. The molecule has 5 heteroatoms. The molecule has 0 saturated carbocycles. The molecule has 1 saturated heterocycles. The van der Waals surface area contributed by atoms with E-state index in [1.54, 1.807) is 18.0 Å². The van der Waals surface area contributed by atoms with Gasteiger partial charge in [0.15, 0.2) is 0 Å². The van der Waals surface area contributed by atoms with Gasteiger partial charge in [-0.2, -0.15) is 0 Å². The SMILES string of the molecule is CN1CCC(N(Cc2ccco2)C(=O)CSc2ccccc2)CC1. The molecule has 0 N–H and O–H groups in total. The number of furan rings is 1. The molecule has 2 heterocycles. The van der Waals surface area contributed by atoms with Crippen molar-refractivity contribution in [2.75, 3.05) is 25.9 Å². The minimum Gasteiger partial charge on any atom is -0.467 e. The summed E-state index contributed by atoms with van der Waals surface area (Å²) in [6, 6.07) is 14.2. The van der Waals surface area contributed by atoms with Gasteiger partial charge in [0.2, 0.25) is 5.91 Å². The fraction of sp³-hybridized carbons (Fsp3) is 0.421. The van der Waals surface area contributed by atoms with Crippen molar-refractivity contribution in [1.82, 2.24) is 9.80 Å². The first-order chi connectivity index (χ1) is 11.7. The van der Waals surface area contributed by atoms with Crippen LogP contribution in [-0.4, -0.2) is 47.6 Å². The van der Waals surface area contributed by atoms with Gasteiger partial charge in [0, 0.05) is 10.9 Å². The first-order valence-corrected chi connectivity index (χ1v) is 9.39. The van der Waals surface area contributed by atoms with Crippen LogP contribution in [0.25, 0.3) is 0 Å². The quantitative estimate of drug-likeness (QED) is 0.752. The molecule has 0 bridgehead atoms. The maximum atomic E-state index is 12.9. The van der Waals surface area contributed by atoms with E-state index < -0.39 is 0 Å². The van der Waals surface area contributed by atoms with Gasteiger partial charge in [0.1, 0.15) is 5.76 Å². The van der Waals surface area contributed by atoms with E-state index >= 15 is 0 Å². The van der Waals surface area contributed by atoms with E-state index in [0.717, 1.165) is 36.6 Å². The molecule has 2 aromatic rings. The predicted octanol–water partition coefficient (Wildman–Crippen LogP) is 3.49. The lowest BCUT2D eigenvalue weighted by Gasteiger charge is -2.37. The van der Waals surface area contributed by atoms with E-state index in [0.29, 0.717) is 18.3 Å². The molecule has 1 amide bonds. The molecular formula is C19H24N2O2S. The molecule has 1 aliphatic heterocycles. The standard InChI is InChI=1S/C19H24N2O2S/c1-20-11-9-16(10-12-20)21(14-17-6-5-13-23-17)19(22)15-24-18-7-3-2-4-8-18/h2-8,13,16H,9-12,14-15H2,1H3. The summed E-state index contributed by atoms with van der Waals surface area (Å²) < 4.78 is 5.48. The molecule has 1 aromatic carbocycles. The zero-order valence-electron chi connectivity index (χ0n) is 14.1. The van der Waals surface area contributed by atoms with Crippen LogP contribution in [0.1, 0.15) is 18.6 Å². The van der Waals surface area contributed by atoms with Crippen molar-refractivity contribution in [3.63, 3.8) is 0 Å². The molecule has 128 valence electrons. The van der Waals surface area contributed by atoms with Crippen molar-refractivity contribution in [2.24, 2.45) is 0 Å². The number of hydrogen-bond donors (Lipinski definition) is 0. The summed E-state index contributed by atoms with van der Waals surface area (Å²) in [4.78, 5) is 18.3. The molecule has 4 nitrogen and oxygen atoms in total. The Morgan fingerprint density at radius 3 is 2.62 bits per heavy atom. The van der Waals surface area contributed by atoms with Gasteiger partial charge < -0.3 is 14.2 Å². The summed E-state index contributed by atoms with van der Waals surface area (Å²) in [7, 11) is 2.14. The number of nitrogens with zero attached hydrogens (tertiary/aromatic N) is 2. The monoisotopic (exact) mass is 344 g/mol. The summed E-state index contributed by atoms with van der Waals surface area (Å²) in [5.41, 5.74) is 0. The Morgan fingerprint density at radius 2 is 1.96 bits per heavy atom. The lowest BCUT2D eigenvalue weighted by atomic mass is 10.0. The van der Waals surface area contributed by atoms with E-state index in [9.17, 15) is 4.79 Å². The Bertz CT molecular complexity index is 622. The molecule has 1 fully saturated rings. The zero-order valence-corrected chi connectivity index (χ0v) is 14.9. The molecule has 0 unspecified atom stereocenters. The van der Waals surface area contributed by atoms with Crippen LogP contribution in [-0.2, 0) is 11.3 Å². The topological polar surface area (TPSA) is 36.7 Å². The van der Waals surface area contributed by atoms with E-state index in [4.69, 9.17) is 4.42 Å². The normalized spacial score (nSPS) is 16.2. The fourth-order valence-corrected chi connectivity index (χ4v) is 3.85. The second-order valence-electron chi connectivity index (χ2n) is 6.24. The van der Waals surface area contributed by atoms with E-state index in [-0.39, 0.29) is 5.91 Å². The van der Waals surface area contributed by atoms with Crippen molar-refractivity contribution in [1.29, 1.82) is 0 Å². The molecule has 0 aliphatic carbocycles. The summed E-state index contributed by atoms with van der Waals surface area (Å²) in [6.07, 6.45) is 3.73. The third-order valence-electron chi connectivity index (χ3n) is 4.46. The Hall–Kier alpha value is -1.72. The summed E-state index contributed by atoms with van der Waals surface area (Å²) in [6.45, 7) is 2.65. The molecule has 3 rings (SSSR count). The van der Waals surface area contributed by atoms with Crippen LogP contribution >= 0.6 is 11.8 Å². The number of likely N-dealkylation sites (tertiary alicyclic amines) is 1. The second-order valence-corrected chi connectivity index (χ2v) is 7.29. The second kappa shape index (κ2) is 8.40. The van der Waals surface area contributed by atoms with Crippen molar-refractivity contribution in [3.05, 3.63) is 54.5 Å². The van der Waals surface area contributed by atoms with Crippen LogP contribution in [0.15, 0.2) is 58.0 Å². The average Bonchev–Trinajstić information content (AvgIpc) is 3.13. The third-order valence-corrected chi connectivity index (χ3v) is 5.46. The van der Waals surface area contributed by atoms with Crippen LogP contribution in [0.5, 0.6) is 0 Å². The average molecular weight is 344 g/mol. The van der Waals surface area contributed by atoms with Gasteiger partial charge in [-0.05, 0) is 57.2 Å². The van der Waals surface area contributed by atoms with Crippen LogP contribution in [0.2, 0.25) is 0 Å². The Balaban J connectivity index is 1.65. The first-order valence-electron chi connectivity index (χ1n) is 8.40. The minimum atomic E-state index is 0.190. The predicted molar refractivity (Wildman–Crippen MR) is 96.9 cm³/mol.